The van der Waals surface area contributed by atoms with Crippen LogP contribution in [0.25, 0.3) is 0 Å². The Morgan fingerprint density at radius 3 is 2.02 bits per heavy atom. The van der Waals surface area contributed by atoms with Crippen LogP contribution >= 0.6 is 0 Å². The highest BCUT2D eigenvalue weighted by Gasteiger charge is 2.72. The maximum Gasteiger partial charge on any atom is 0.302 e. The van der Waals surface area contributed by atoms with Crippen LogP contribution in [0.2, 0.25) is 24.7 Å². The summed E-state index contributed by atoms with van der Waals surface area (Å²) in [4.78, 5) is 13.0. The van der Waals surface area contributed by atoms with Crippen LogP contribution in [0.3, 0.4) is 0 Å². The van der Waals surface area contributed by atoms with Gasteiger partial charge in [-0.25, -0.2) is 0 Å². The van der Waals surface area contributed by atoms with Crippen LogP contribution in [0.1, 0.15) is 121 Å². The SMILES string of the molecule is CC(=O)O[C@H]1C[C@@]2(C)C(C[C@@H](O)[C@H]3[C@@]4(C)CC[C@@H](O[Si](C)(C)C(C)(C)C)[C@@H](C)C4CC[C@@]32C)[C@H]1[C@@H](CCC=C(C)C)CO[Si](C)(c1ccccc1)c1ccccc1. The molecule has 7 heteroatoms. The zero-order chi connectivity index (χ0) is 41.8. The smallest absolute Gasteiger partial charge is 0.302 e. The first-order chi connectivity index (χ1) is 26.6. The van der Waals surface area contributed by atoms with Crippen molar-refractivity contribution in [3.8, 4) is 0 Å². The molecule has 4 saturated carbocycles. The van der Waals surface area contributed by atoms with Crippen molar-refractivity contribution >= 4 is 33.0 Å². The number of ether oxygens (including phenoxy) is 1. The molecule has 1 N–H and O–H groups in total. The molecule has 6 rings (SSSR count). The van der Waals surface area contributed by atoms with Crippen molar-refractivity contribution in [2.45, 2.75) is 164 Å². The monoisotopic (exact) mass is 815 g/mol. The molecular weight excluding hydrogens is 737 g/mol. The fourth-order valence-electron chi connectivity index (χ4n) is 13.2. The maximum atomic E-state index is 13.0. The van der Waals surface area contributed by atoms with Gasteiger partial charge in [-0.2, -0.15) is 0 Å². The molecule has 4 fully saturated rings. The molecule has 0 radical (unpaired) electrons. The van der Waals surface area contributed by atoms with Gasteiger partial charge in [-0.15, -0.1) is 0 Å². The third-order valence-electron chi connectivity index (χ3n) is 17.4. The minimum absolute atomic E-state index is 0.0207. The van der Waals surface area contributed by atoms with Gasteiger partial charge in [0.05, 0.1) is 6.10 Å². The Balaban J connectivity index is 1.35. The number of aliphatic hydroxyl groups excluding tert-OH is 1. The van der Waals surface area contributed by atoms with E-state index in [2.05, 4.69) is 149 Å². The second-order valence-corrected chi connectivity index (χ2v) is 30.1. The minimum Gasteiger partial charge on any atom is -0.462 e. The lowest BCUT2D eigenvalue weighted by Gasteiger charge is -2.69. The summed E-state index contributed by atoms with van der Waals surface area (Å²) < 4.78 is 21.1. The Labute approximate surface area is 349 Å². The van der Waals surface area contributed by atoms with Crippen LogP contribution in [0.4, 0.5) is 0 Å². The molecule has 0 amide bonds. The number of hydrogen-bond donors (Lipinski definition) is 1. The Hall–Kier alpha value is -2.04. The summed E-state index contributed by atoms with van der Waals surface area (Å²) in [6.07, 6.45) is 9.94. The van der Waals surface area contributed by atoms with E-state index in [4.69, 9.17) is 13.6 Å². The zero-order valence-electron chi connectivity index (χ0n) is 38.0. The van der Waals surface area contributed by atoms with Gasteiger partial charge in [-0.1, -0.05) is 121 Å². The van der Waals surface area contributed by atoms with Crippen molar-refractivity contribution in [3.63, 3.8) is 0 Å². The lowest BCUT2D eigenvalue weighted by Crippen LogP contribution is -2.66. The summed E-state index contributed by atoms with van der Waals surface area (Å²) in [5.41, 5.74) is 1.15. The number of carbonyl (C=O) groups excluding carboxylic acids is 1. The number of rotatable bonds is 12. The van der Waals surface area contributed by atoms with E-state index >= 15 is 0 Å². The van der Waals surface area contributed by atoms with E-state index in [0.717, 1.165) is 51.4 Å². The van der Waals surface area contributed by atoms with E-state index < -0.39 is 22.7 Å². The molecule has 0 saturated heterocycles. The van der Waals surface area contributed by atoms with Crippen molar-refractivity contribution < 1.29 is 23.5 Å². The fraction of sp³-hybridized carbons (Fsp3) is 0.700. The first-order valence-corrected chi connectivity index (χ1v) is 27.8. The molecule has 4 aliphatic carbocycles. The number of fused-ring (bicyclic) bond motifs is 5. The van der Waals surface area contributed by atoms with Gasteiger partial charge in [0.15, 0.2) is 8.32 Å². The van der Waals surface area contributed by atoms with Gasteiger partial charge in [0.2, 0.25) is 0 Å². The average Bonchev–Trinajstić information content (AvgIpc) is 3.41. The van der Waals surface area contributed by atoms with Crippen LogP contribution in [0, 0.1) is 51.8 Å². The van der Waals surface area contributed by atoms with Crippen LogP contribution in [-0.2, 0) is 18.4 Å². The highest BCUT2D eigenvalue weighted by Crippen LogP contribution is 2.75. The molecule has 0 bridgehead atoms. The average molecular weight is 815 g/mol. The van der Waals surface area contributed by atoms with Gasteiger partial charge < -0.3 is 18.7 Å². The van der Waals surface area contributed by atoms with Crippen molar-refractivity contribution in [1.82, 2.24) is 0 Å². The van der Waals surface area contributed by atoms with Gasteiger partial charge in [0.1, 0.15) is 6.10 Å². The Kier molecular flexibility index (Phi) is 12.8. The van der Waals surface area contributed by atoms with Gasteiger partial charge in [0, 0.05) is 25.6 Å². The molecule has 57 heavy (non-hydrogen) atoms. The minimum atomic E-state index is -2.60. The molecule has 12 atom stereocenters. The summed E-state index contributed by atoms with van der Waals surface area (Å²) in [5.74, 6) is 1.43. The van der Waals surface area contributed by atoms with Gasteiger partial charge in [0.25, 0.3) is 8.32 Å². The number of aliphatic hydroxyl groups is 1. The van der Waals surface area contributed by atoms with Gasteiger partial charge >= 0.3 is 5.97 Å². The highest BCUT2D eigenvalue weighted by atomic mass is 28.4. The lowest BCUT2D eigenvalue weighted by molar-refractivity contribution is -0.239. The lowest BCUT2D eigenvalue weighted by atomic mass is 9.36. The normalized spacial score (nSPS) is 36.0. The zero-order valence-corrected chi connectivity index (χ0v) is 40.0. The molecule has 2 aromatic carbocycles. The molecule has 4 aliphatic rings. The Bertz CT molecular complexity index is 1680. The van der Waals surface area contributed by atoms with Crippen molar-refractivity contribution in [2.24, 2.45) is 51.8 Å². The van der Waals surface area contributed by atoms with Crippen LogP contribution < -0.4 is 10.4 Å². The summed E-state index contributed by atoms with van der Waals surface area (Å²) >= 11 is 0. The van der Waals surface area contributed by atoms with E-state index in [0.29, 0.717) is 18.4 Å². The van der Waals surface area contributed by atoms with Crippen LogP contribution in [-0.4, -0.2) is 52.6 Å². The standard InChI is InChI=1S/C50H78O5Si2/c1-34(2)21-20-22-37(33-53-57(13,38-23-16-14-17-24-38)39-25-18-15-19-26-39)45-41-31-42(52)46-48(8)29-28-43(55-56(11,12)47(5,6)7)35(3)40(48)27-30-49(46,9)50(41,10)32-44(45)54-36(4)51/h14-19,21,23-26,35,37,40-46,52H,20,22,27-33H2,1-13H3/t35-,37-,40?,41?,42+,43+,44-,45+,46-,48-,49-,50-/m0/s1. The predicted molar refractivity (Wildman–Crippen MR) is 241 cm³/mol. The quantitative estimate of drug-likeness (QED) is 0.131. The molecule has 5 nitrogen and oxygen atoms in total. The molecular formula is C50H78O5Si2. The first-order valence-electron chi connectivity index (χ1n) is 22.5. The van der Waals surface area contributed by atoms with Crippen LogP contribution in [0.5, 0.6) is 0 Å². The summed E-state index contributed by atoms with van der Waals surface area (Å²) in [7, 11) is -4.52. The second kappa shape index (κ2) is 16.4. The van der Waals surface area contributed by atoms with Gasteiger partial charge in [-0.3, -0.25) is 4.79 Å². The van der Waals surface area contributed by atoms with E-state index in [1.807, 2.05) is 0 Å². The van der Waals surface area contributed by atoms with Crippen molar-refractivity contribution in [1.29, 1.82) is 0 Å². The highest BCUT2D eigenvalue weighted by molar-refractivity contribution is 6.96. The molecule has 0 heterocycles. The Morgan fingerprint density at radius 2 is 1.47 bits per heavy atom. The van der Waals surface area contributed by atoms with E-state index in [1.165, 1.54) is 15.9 Å². The van der Waals surface area contributed by atoms with Crippen molar-refractivity contribution in [2.75, 3.05) is 6.61 Å². The molecule has 0 aliphatic heterocycles. The number of carbonyl (C=O) groups is 1. The van der Waals surface area contributed by atoms with E-state index in [-0.39, 0.29) is 63.1 Å². The number of allylic oxidation sites excluding steroid dienone is 2. The largest absolute Gasteiger partial charge is 0.462 e. The van der Waals surface area contributed by atoms with Gasteiger partial charge in [-0.05, 0) is 146 Å². The summed E-state index contributed by atoms with van der Waals surface area (Å²) in [6, 6.07) is 21.6. The molecule has 316 valence electrons. The second-order valence-electron chi connectivity index (χ2n) is 21.8. The number of hydrogen-bond acceptors (Lipinski definition) is 5. The third kappa shape index (κ3) is 8.12. The maximum absolute atomic E-state index is 13.0. The van der Waals surface area contributed by atoms with Crippen molar-refractivity contribution in [3.05, 3.63) is 72.3 Å². The molecule has 2 unspecified atom stereocenters. The topological polar surface area (TPSA) is 65.0 Å². The Morgan fingerprint density at radius 1 is 0.877 bits per heavy atom. The summed E-state index contributed by atoms with van der Waals surface area (Å²) in [6.45, 7) is 30.8. The van der Waals surface area contributed by atoms with E-state index in [1.54, 1.807) is 6.92 Å². The third-order valence-corrected chi connectivity index (χ3v) is 25.5. The first kappa shape index (κ1) is 44.5. The number of benzene rings is 2. The molecule has 0 spiro atoms. The predicted octanol–water partition coefficient (Wildman–Crippen LogP) is 11.0. The van der Waals surface area contributed by atoms with Crippen LogP contribution in [0.15, 0.2) is 72.3 Å². The molecule has 0 aromatic heterocycles. The number of esters is 1. The van der Waals surface area contributed by atoms with E-state index in [9.17, 15) is 9.90 Å². The fourth-order valence-corrected chi connectivity index (χ4v) is 17.5. The summed E-state index contributed by atoms with van der Waals surface area (Å²) in [5, 5.41) is 15.5. The molecule has 2 aromatic rings.